The molecule has 4 aromatic heterocycles. The Kier molecular flexibility index (Phi) is 7.20. The van der Waals surface area contributed by atoms with E-state index in [1.54, 1.807) is 4.57 Å². The monoisotopic (exact) mass is 798 g/mol. The molecular formula is C28H37FN10O11P2Si. The number of imidazole rings is 2. The Labute approximate surface area is 299 Å². The fourth-order valence-electron chi connectivity index (χ4n) is 8.58. The zero-order valence-electron chi connectivity index (χ0n) is 28.9. The van der Waals surface area contributed by atoms with Crippen LogP contribution in [-0.4, -0.2) is 100 Å². The predicted molar refractivity (Wildman–Crippen MR) is 182 cm³/mol. The summed E-state index contributed by atoms with van der Waals surface area (Å²) in [7, 11) is -12.9. The Balaban J connectivity index is 1.12. The van der Waals surface area contributed by atoms with Gasteiger partial charge in [-0.1, -0.05) is 20.8 Å². The summed E-state index contributed by atoms with van der Waals surface area (Å²) in [5.74, 6) is -0.163. The van der Waals surface area contributed by atoms with Crippen LogP contribution in [0.2, 0.25) is 18.1 Å². The third-order valence-electron chi connectivity index (χ3n) is 12.0. The van der Waals surface area contributed by atoms with Gasteiger partial charge >= 0.3 is 15.6 Å². The lowest BCUT2D eigenvalue weighted by molar-refractivity contribution is -0.120. The molecule has 11 atom stereocenters. The number of nitrogens with one attached hydrogen (secondary N) is 1. The van der Waals surface area contributed by atoms with E-state index in [9.17, 15) is 23.7 Å². The second kappa shape index (κ2) is 10.8. The average Bonchev–Trinajstić information content (AvgIpc) is 3.39. The summed E-state index contributed by atoms with van der Waals surface area (Å²) in [5.41, 5.74) is 7.81. The molecule has 7 N–H and O–H groups in total. The van der Waals surface area contributed by atoms with Crippen LogP contribution in [0.15, 0.2) is 23.8 Å². The van der Waals surface area contributed by atoms with E-state index in [2.05, 4.69) is 29.9 Å². The minimum absolute atomic E-state index is 0.0216. The molecule has 21 nitrogen and oxygen atoms in total. The number of aromatic nitrogens is 8. The fourth-order valence-corrected chi connectivity index (χ4v) is 12.1. The molecule has 3 aliphatic carbocycles. The number of aromatic amines is 1. The van der Waals surface area contributed by atoms with E-state index in [4.69, 9.17) is 38.7 Å². The van der Waals surface area contributed by atoms with Crippen molar-refractivity contribution in [3.63, 3.8) is 0 Å². The molecule has 5 aliphatic rings. The van der Waals surface area contributed by atoms with Gasteiger partial charge in [0.1, 0.15) is 29.7 Å². The zero-order valence-corrected chi connectivity index (χ0v) is 31.7. The van der Waals surface area contributed by atoms with Crippen LogP contribution >= 0.6 is 15.6 Å². The Bertz CT molecular complexity index is 2370. The van der Waals surface area contributed by atoms with E-state index in [1.807, 2.05) is 33.9 Å². The van der Waals surface area contributed by atoms with Crippen molar-refractivity contribution in [2.24, 2.45) is 10.8 Å². The summed E-state index contributed by atoms with van der Waals surface area (Å²) in [5, 5.41) is -0.351. The van der Waals surface area contributed by atoms with Gasteiger partial charge in [0.05, 0.1) is 38.0 Å². The van der Waals surface area contributed by atoms with Crippen molar-refractivity contribution in [1.82, 2.24) is 39.0 Å². The SMILES string of the molecule is CC(C)(C)[Si](C)(C)OC1[C@@]23COP(=O)(O)O[C@H]4[C@@H](F)[C@H](n5cnc6c(N)ncnc65)O[C@@H]4COP(=O)(O)O[C@]14[C@H](n1cnc5c(=O)[nH]c(N)nc51)[C@]24C3. The van der Waals surface area contributed by atoms with Crippen molar-refractivity contribution in [2.45, 2.75) is 87.7 Å². The highest BCUT2D eigenvalue weighted by Crippen LogP contribution is 3.03. The smallest absolute Gasteiger partial charge is 0.410 e. The standard InChI is InChI=1S/C28H37FN10O11P2Si/c1-25(2,3)53(4,5)49-23-26-7-27(26)22(39-11-35-15-19(39)36-24(31)37-20(15)40)28(23,27)50-52(43,44)45-6-12-16(48-51(41,42)46-8-26)13(29)21(47-12)38-10-34-14-17(30)32-9-33-18(14)38/h9-13,16,21-23H,6-8H2,1-5H3,(H,41,42)(H,43,44)(H2,30,32,33)(H3,31,36,37,40)/t12-,13-,16-,21-,22-,23?,26-,27-,28-/m1/s1. The number of ether oxygens (including phenoxy) is 1. The van der Waals surface area contributed by atoms with Crippen LogP contribution in [-0.2, 0) is 36.4 Å². The molecule has 2 saturated heterocycles. The molecule has 0 amide bonds. The number of nitrogens with zero attached hydrogens (tertiary/aromatic N) is 7. The zero-order chi connectivity index (χ0) is 37.9. The molecule has 25 heteroatoms. The van der Waals surface area contributed by atoms with Crippen LogP contribution in [0.5, 0.6) is 0 Å². The molecule has 3 spiro atoms. The normalized spacial score (nSPS) is 41.1. The Morgan fingerprint density at radius 1 is 1.06 bits per heavy atom. The molecule has 0 aromatic carbocycles. The number of phosphoric acid groups is 2. The molecule has 3 unspecified atom stereocenters. The van der Waals surface area contributed by atoms with Gasteiger partial charge in [-0.25, -0.2) is 33.5 Å². The highest BCUT2D eigenvalue weighted by Gasteiger charge is 3.10. The minimum atomic E-state index is -5.10. The average molecular weight is 799 g/mol. The predicted octanol–water partition coefficient (Wildman–Crippen LogP) is 2.08. The summed E-state index contributed by atoms with van der Waals surface area (Å²) >= 11 is 0. The minimum Gasteiger partial charge on any atom is -0.410 e. The number of hydrogen-bond donors (Lipinski definition) is 5. The third-order valence-corrected chi connectivity index (χ3v) is 18.4. The quantitative estimate of drug-likeness (QED) is 0.146. The molecule has 3 saturated carbocycles. The van der Waals surface area contributed by atoms with E-state index < -0.39 is 95.9 Å². The first kappa shape index (κ1) is 35.5. The van der Waals surface area contributed by atoms with Gasteiger partial charge in [0.15, 0.2) is 43.3 Å². The van der Waals surface area contributed by atoms with Crippen LogP contribution in [0.4, 0.5) is 16.2 Å². The number of rotatable bonds is 4. The maximum atomic E-state index is 16.3. The summed E-state index contributed by atoms with van der Waals surface area (Å²) in [4.78, 5) is 58.3. The fraction of sp³-hybridized carbons (Fsp3) is 0.643. The highest BCUT2D eigenvalue weighted by atomic mass is 31.2. The molecule has 5 fully saturated rings. The summed E-state index contributed by atoms with van der Waals surface area (Å²) in [6, 6.07) is -0.836. The Morgan fingerprint density at radius 3 is 2.51 bits per heavy atom. The van der Waals surface area contributed by atoms with Crippen molar-refractivity contribution < 1.29 is 50.6 Å². The van der Waals surface area contributed by atoms with Crippen molar-refractivity contribution in [1.29, 1.82) is 0 Å². The van der Waals surface area contributed by atoms with Crippen molar-refractivity contribution in [3.8, 4) is 0 Å². The topological polar surface area (TPSA) is 289 Å². The van der Waals surface area contributed by atoms with E-state index >= 15 is 4.39 Å². The van der Waals surface area contributed by atoms with Crippen molar-refractivity contribution >= 4 is 58.1 Å². The number of hydrogen-bond acceptors (Lipinski definition) is 16. The van der Waals surface area contributed by atoms with Crippen molar-refractivity contribution in [2.75, 3.05) is 24.7 Å². The molecule has 6 heterocycles. The molecule has 9 rings (SSSR count). The van der Waals surface area contributed by atoms with Crippen LogP contribution < -0.4 is 17.0 Å². The molecule has 286 valence electrons. The number of phosphoric ester groups is 2. The van der Waals surface area contributed by atoms with Gasteiger partial charge in [0, 0.05) is 10.8 Å². The first-order valence-corrected chi connectivity index (χ1v) is 22.6. The van der Waals surface area contributed by atoms with Gasteiger partial charge in [-0.15, -0.1) is 0 Å². The van der Waals surface area contributed by atoms with Crippen LogP contribution in [0, 0.1) is 10.8 Å². The van der Waals surface area contributed by atoms with E-state index in [-0.39, 0.29) is 45.6 Å². The van der Waals surface area contributed by atoms with Gasteiger partial charge in [0.2, 0.25) is 5.95 Å². The van der Waals surface area contributed by atoms with Crippen molar-refractivity contribution in [3.05, 3.63) is 29.3 Å². The lowest BCUT2D eigenvalue weighted by atomic mass is 9.79. The number of nitrogen functional groups attached to an aromatic ring is 2. The molecular weight excluding hydrogens is 761 g/mol. The Hall–Kier alpha value is -3.21. The molecule has 0 radical (unpaired) electrons. The Morgan fingerprint density at radius 2 is 1.77 bits per heavy atom. The number of nitrogens with two attached hydrogens (primary N) is 2. The van der Waals surface area contributed by atoms with Crippen LogP contribution in [0.25, 0.3) is 22.3 Å². The highest BCUT2D eigenvalue weighted by molar-refractivity contribution is 7.47. The summed E-state index contributed by atoms with van der Waals surface area (Å²) < 4.78 is 82.5. The maximum absolute atomic E-state index is 16.3. The van der Waals surface area contributed by atoms with E-state index in [0.717, 1.165) is 6.33 Å². The van der Waals surface area contributed by atoms with Gasteiger partial charge < -0.3 is 35.0 Å². The number of halogens is 1. The number of alkyl halides is 1. The second-order valence-electron chi connectivity index (χ2n) is 15.8. The van der Waals surface area contributed by atoms with Crippen LogP contribution in [0.3, 0.4) is 0 Å². The number of fused-ring (bicyclic) bond motifs is 3. The van der Waals surface area contributed by atoms with Gasteiger partial charge in [-0.05, 0) is 24.6 Å². The molecule has 53 heavy (non-hydrogen) atoms. The molecule has 2 aliphatic heterocycles. The summed E-state index contributed by atoms with van der Waals surface area (Å²) in [6.07, 6.45) is -4.13. The van der Waals surface area contributed by atoms with E-state index in [0.29, 0.717) is 0 Å². The largest absolute Gasteiger partial charge is 0.473 e. The van der Waals surface area contributed by atoms with E-state index in [1.165, 1.54) is 17.2 Å². The third kappa shape index (κ3) is 4.70. The summed E-state index contributed by atoms with van der Waals surface area (Å²) in [6.45, 7) is 8.71. The van der Waals surface area contributed by atoms with Crippen LogP contribution in [0.1, 0.15) is 39.5 Å². The first-order chi connectivity index (χ1) is 24.7. The lowest BCUT2D eigenvalue weighted by Crippen LogP contribution is -2.59. The number of H-pyrrole nitrogens is 1. The second-order valence-corrected chi connectivity index (χ2v) is 23.3. The molecule has 2 bridgehead atoms. The van der Waals surface area contributed by atoms with Gasteiger partial charge in [0.25, 0.3) is 5.56 Å². The maximum Gasteiger partial charge on any atom is 0.473 e. The number of anilines is 2. The first-order valence-electron chi connectivity index (χ1n) is 16.7. The van der Waals surface area contributed by atoms with Gasteiger partial charge in [-0.3, -0.25) is 32.4 Å². The lowest BCUT2D eigenvalue weighted by Gasteiger charge is -2.49. The molecule has 4 aromatic rings. The van der Waals surface area contributed by atoms with Gasteiger partial charge in [-0.2, -0.15) is 4.98 Å².